The molecule has 10 heteroatoms. The molecule has 1 saturated heterocycles. The van der Waals surface area contributed by atoms with Gasteiger partial charge in [0.25, 0.3) is 0 Å². The number of amides is 2. The Hall–Kier alpha value is -3.44. The van der Waals surface area contributed by atoms with E-state index in [-0.39, 0.29) is 35.9 Å². The number of thioether (sulfide) groups is 1. The molecule has 2 amide bonds. The van der Waals surface area contributed by atoms with Crippen LogP contribution in [0.15, 0.2) is 71.9 Å². The van der Waals surface area contributed by atoms with Gasteiger partial charge in [-0.2, -0.15) is 0 Å². The fourth-order valence-electron chi connectivity index (χ4n) is 8.39. The lowest BCUT2D eigenvalue weighted by Crippen LogP contribution is -2.61. The first-order valence-corrected chi connectivity index (χ1v) is 17.3. The third-order valence-corrected chi connectivity index (χ3v) is 11.3. The van der Waals surface area contributed by atoms with Crippen molar-refractivity contribution in [2.24, 2.45) is 17.8 Å². The molecule has 46 heavy (non-hydrogen) atoms. The molecule has 2 heterocycles. The van der Waals surface area contributed by atoms with E-state index < -0.39 is 12.3 Å². The fraction of sp³-hybridized carbons (Fsp3) is 0.472. The van der Waals surface area contributed by atoms with Crippen molar-refractivity contribution < 1.29 is 29.3 Å². The van der Waals surface area contributed by atoms with Gasteiger partial charge in [-0.1, -0.05) is 48.5 Å². The number of pyridine rings is 1. The number of nitrogens with zero attached hydrogens (tertiary/aromatic N) is 1. The predicted octanol–water partition coefficient (Wildman–Crippen LogP) is 6.38. The SMILES string of the molecule is O=C(NCc1ccc(C2OC(CSc3ncccc3C(=O)O)CC(c3ccc(CO)cc3)O2)cc1)NC12CC3CC(CC(C3)C1)C2. The van der Waals surface area contributed by atoms with Crippen LogP contribution >= 0.6 is 11.8 Å². The summed E-state index contributed by atoms with van der Waals surface area (Å²) in [4.78, 5) is 29.0. The summed E-state index contributed by atoms with van der Waals surface area (Å²) in [7, 11) is 0. The quantitative estimate of drug-likeness (QED) is 0.187. The zero-order chi connectivity index (χ0) is 31.7. The summed E-state index contributed by atoms with van der Waals surface area (Å²) in [5.74, 6) is 1.82. The van der Waals surface area contributed by atoms with Crippen LogP contribution in [0.3, 0.4) is 0 Å². The zero-order valence-electron chi connectivity index (χ0n) is 25.8. The van der Waals surface area contributed by atoms with E-state index in [2.05, 4.69) is 15.6 Å². The lowest BCUT2D eigenvalue weighted by Gasteiger charge is -2.56. The van der Waals surface area contributed by atoms with E-state index in [4.69, 9.17) is 9.47 Å². The van der Waals surface area contributed by atoms with Gasteiger partial charge >= 0.3 is 12.0 Å². The Morgan fingerprint density at radius 3 is 2.17 bits per heavy atom. The zero-order valence-corrected chi connectivity index (χ0v) is 26.6. The highest BCUT2D eigenvalue weighted by atomic mass is 32.2. The third-order valence-electron chi connectivity index (χ3n) is 10.1. The van der Waals surface area contributed by atoms with Crippen LogP contribution in [0.25, 0.3) is 0 Å². The van der Waals surface area contributed by atoms with E-state index in [1.165, 1.54) is 31.0 Å². The molecular formula is C36H41N3O6S. The average molecular weight is 644 g/mol. The van der Waals surface area contributed by atoms with Crippen molar-refractivity contribution in [3.8, 4) is 0 Å². The number of aliphatic hydroxyl groups excluding tert-OH is 1. The highest BCUT2D eigenvalue weighted by Crippen LogP contribution is 2.55. The van der Waals surface area contributed by atoms with Crippen LogP contribution in [-0.2, 0) is 22.6 Å². The number of aliphatic hydroxyl groups is 1. The number of nitrogens with one attached hydrogen (secondary N) is 2. The number of ether oxygens (including phenoxy) is 2. The number of hydrogen-bond donors (Lipinski definition) is 4. The van der Waals surface area contributed by atoms with Gasteiger partial charge in [-0.15, -0.1) is 11.8 Å². The molecule has 9 nitrogen and oxygen atoms in total. The van der Waals surface area contributed by atoms with Crippen molar-refractivity contribution in [2.75, 3.05) is 5.75 Å². The van der Waals surface area contributed by atoms with E-state index in [9.17, 15) is 19.8 Å². The van der Waals surface area contributed by atoms with Gasteiger partial charge in [-0.25, -0.2) is 14.6 Å². The van der Waals surface area contributed by atoms with Gasteiger partial charge in [0, 0.05) is 36.0 Å². The second-order valence-electron chi connectivity index (χ2n) is 13.6. The number of urea groups is 1. The minimum absolute atomic E-state index is 0.0199. The average Bonchev–Trinajstić information content (AvgIpc) is 3.06. The molecule has 4 aliphatic carbocycles. The van der Waals surface area contributed by atoms with Crippen molar-refractivity contribution in [3.05, 3.63) is 94.7 Å². The number of aromatic carboxylic acids is 1. The summed E-state index contributed by atoms with van der Waals surface area (Å²) in [5, 5.41) is 26.0. The molecule has 4 bridgehead atoms. The van der Waals surface area contributed by atoms with E-state index in [0.717, 1.165) is 59.3 Å². The van der Waals surface area contributed by atoms with Crippen LogP contribution in [0.1, 0.15) is 90.0 Å². The fourth-order valence-corrected chi connectivity index (χ4v) is 9.39. The lowest BCUT2D eigenvalue weighted by atomic mass is 9.53. The molecule has 1 aliphatic heterocycles. The van der Waals surface area contributed by atoms with Gasteiger partial charge in [0.15, 0.2) is 6.29 Å². The minimum atomic E-state index is -1.01. The molecule has 0 spiro atoms. The van der Waals surface area contributed by atoms with Gasteiger partial charge in [-0.3, -0.25) is 0 Å². The molecule has 4 saturated carbocycles. The minimum Gasteiger partial charge on any atom is -0.478 e. The molecule has 1 aromatic heterocycles. The number of carbonyl (C=O) groups excluding carboxylic acids is 1. The van der Waals surface area contributed by atoms with Gasteiger partial charge in [0.2, 0.25) is 0 Å². The Bertz CT molecular complexity index is 1510. The van der Waals surface area contributed by atoms with Crippen molar-refractivity contribution in [2.45, 2.75) is 87.2 Å². The number of rotatable bonds is 10. The first-order chi connectivity index (χ1) is 22.3. The molecule has 3 aromatic rings. The van der Waals surface area contributed by atoms with Crippen molar-refractivity contribution in [3.63, 3.8) is 0 Å². The van der Waals surface area contributed by atoms with Crippen molar-refractivity contribution >= 4 is 23.8 Å². The second kappa shape index (κ2) is 13.4. The molecule has 242 valence electrons. The molecule has 0 radical (unpaired) electrons. The van der Waals surface area contributed by atoms with Crippen LogP contribution in [0.5, 0.6) is 0 Å². The lowest BCUT2D eigenvalue weighted by molar-refractivity contribution is -0.245. The topological polar surface area (TPSA) is 130 Å². The molecule has 3 unspecified atom stereocenters. The third kappa shape index (κ3) is 6.95. The van der Waals surface area contributed by atoms with Crippen LogP contribution in [0.2, 0.25) is 0 Å². The van der Waals surface area contributed by atoms with Crippen LogP contribution < -0.4 is 10.6 Å². The van der Waals surface area contributed by atoms with E-state index in [1.807, 2.05) is 48.5 Å². The van der Waals surface area contributed by atoms with Gasteiger partial charge in [0.05, 0.1) is 24.4 Å². The summed E-state index contributed by atoms with van der Waals surface area (Å²) < 4.78 is 12.9. The standard InChI is InChI=1S/C36H41N3O6S/c40-20-23-5-7-27(8-6-23)31-15-29(21-46-32-30(33(41)42)2-1-11-37-32)44-34(45-31)28-9-3-22(4-10-28)19-38-35(43)39-36-16-24-12-25(17-36)14-26(13-24)18-36/h1-11,24-26,29,31,34,40H,12-21H2,(H,41,42)(H2,38,39,43). The Kier molecular flexibility index (Phi) is 9.05. The monoisotopic (exact) mass is 643 g/mol. The number of carboxylic acids is 1. The smallest absolute Gasteiger partial charge is 0.338 e. The summed E-state index contributed by atoms with van der Waals surface area (Å²) in [6, 6.07) is 18.7. The maximum Gasteiger partial charge on any atom is 0.338 e. The Labute approximate surface area is 273 Å². The van der Waals surface area contributed by atoms with E-state index in [1.54, 1.807) is 18.3 Å². The van der Waals surface area contributed by atoms with E-state index >= 15 is 0 Å². The number of carbonyl (C=O) groups is 2. The molecule has 4 N–H and O–H groups in total. The summed E-state index contributed by atoms with van der Waals surface area (Å²) in [6.07, 6.45) is 8.45. The maximum absolute atomic E-state index is 13.0. The largest absolute Gasteiger partial charge is 0.478 e. The number of benzene rings is 2. The Morgan fingerprint density at radius 2 is 1.52 bits per heavy atom. The summed E-state index contributed by atoms with van der Waals surface area (Å²) in [5.41, 5.74) is 3.80. The first kappa shape index (κ1) is 31.2. The van der Waals surface area contributed by atoms with Crippen LogP contribution in [0, 0.1) is 17.8 Å². The number of aromatic nitrogens is 1. The van der Waals surface area contributed by atoms with Gasteiger partial charge in [-0.05, 0) is 85.1 Å². The highest BCUT2D eigenvalue weighted by molar-refractivity contribution is 7.99. The molecule has 5 fully saturated rings. The highest BCUT2D eigenvalue weighted by Gasteiger charge is 2.51. The molecule has 3 atom stereocenters. The first-order valence-electron chi connectivity index (χ1n) is 16.3. The van der Waals surface area contributed by atoms with Crippen molar-refractivity contribution in [1.29, 1.82) is 0 Å². The van der Waals surface area contributed by atoms with Crippen LogP contribution in [-0.4, -0.2) is 44.6 Å². The molecule has 5 aliphatic rings. The summed E-state index contributed by atoms with van der Waals surface area (Å²) >= 11 is 1.36. The van der Waals surface area contributed by atoms with Gasteiger partial charge in [0.1, 0.15) is 5.03 Å². The molecule has 8 rings (SSSR count). The summed E-state index contributed by atoms with van der Waals surface area (Å²) in [6.45, 7) is 0.401. The Morgan fingerprint density at radius 1 is 0.870 bits per heavy atom. The van der Waals surface area contributed by atoms with Crippen molar-refractivity contribution in [1.82, 2.24) is 15.6 Å². The second-order valence-corrected chi connectivity index (χ2v) is 14.6. The maximum atomic E-state index is 13.0. The predicted molar refractivity (Wildman–Crippen MR) is 173 cm³/mol. The van der Waals surface area contributed by atoms with Gasteiger partial charge < -0.3 is 30.3 Å². The Balaban J connectivity index is 0.999. The molecular weight excluding hydrogens is 602 g/mol. The normalized spacial score (nSPS) is 29.8. The number of carboxylic acid groups (broad SMARTS) is 1. The number of hydrogen-bond acceptors (Lipinski definition) is 7. The van der Waals surface area contributed by atoms with Crippen LogP contribution in [0.4, 0.5) is 4.79 Å². The molecule has 2 aromatic carbocycles. The van der Waals surface area contributed by atoms with E-state index in [0.29, 0.717) is 23.7 Å².